The average Bonchev–Trinajstić information content (AvgIpc) is 2.64. The monoisotopic (exact) mass is 345 g/mol. The fourth-order valence-electron chi connectivity index (χ4n) is 3.83. The van der Waals surface area contributed by atoms with Crippen molar-refractivity contribution in [2.75, 3.05) is 14.2 Å². The average molecular weight is 345 g/mol. The molecule has 134 valence electrons. The van der Waals surface area contributed by atoms with Gasteiger partial charge in [-0.15, -0.1) is 0 Å². The third-order valence-corrected chi connectivity index (χ3v) is 5.23. The minimum absolute atomic E-state index is 0.0390. The molecule has 1 atom stereocenters. The van der Waals surface area contributed by atoms with E-state index in [1.54, 1.807) is 25.2 Å². The van der Waals surface area contributed by atoms with Crippen molar-refractivity contribution in [3.8, 4) is 11.5 Å². The van der Waals surface area contributed by atoms with Gasteiger partial charge in [0.2, 0.25) is 5.91 Å². The Labute approximate surface area is 147 Å². The molecule has 3 rings (SSSR count). The maximum Gasteiger partial charge on any atom is 0.315 e. The number of aliphatic carboxylic acids is 1. The Balaban J connectivity index is 1.97. The number of carbonyl (C=O) groups excluding carboxylic acids is 1. The van der Waals surface area contributed by atoms with Gasteiger partial charge in [-0.2, -0.15) is 0 Å². The Morgan fingerprint density at radius 3 is 2.76 bits per heavy atom. The number of carboxylic acids is 1. The minimum atomic E-state index is -0.939. The summed E-state index contributed by atoms with van der Waals surface area (Å²) in [5, 5.41) is 9.84. The number of hydrogen-bond donors (Lipinski definition) is 1. The number of amides is 1. The molecule has 0 radical (unpaired) electrons. The van der Waals surface area contributed by atoms with Gasteiger partial charge in [-0.1, -0.05) is 6.08 Å². The number of likely N-dealkylation sites (tertiary alicyclic amines) is 1. The lowest BCUT2D eigenvalue weighted by molar-refractivity contribution is -0.153. The number of carbonyl (C=O) groups is 2. The fourth-order valence-corrected chi connectivity index (χ4v) is 3.83. The molecule has 1 aromatic rings. The van der Waals surface area contributed by atoms with Crippen molar-refractivity contribution in [3.05, 3.63) is 35.5 Å². The van der Waals surface area contributed by atoms with Crippen LogP contribution in [-0.4, -0.2) is 36.1 Å². The first kappa shape index (κ1) is 17.3. The molecule has 1 heterocycles. The van der Waals surface area contributed by atoms with Crippen molar-refractivity contribution in [2.24, 2.45) is 5.41 Å². The molecule has 1 N–H and O–H groups in total. The SMILES string of the molecule is COc1ccc(CN2C(=O)CCC3(C(=O)O)CCCC=C23)c(OC)c1. The van der Waals surface area contributed by atoms with E-state index in [4.69, 9.17) is 9.47 Å². The number of nitrogens with zero attached hydrogens (tertiary/aromatic N) is 1. The maximum absolute atomic E-state index is 12.6. The number of allylic oxidation sites excluding steroid dienone is 1. The molecular weight excluding hydrogens is 322 g/mol. The fraction of sp³-hybridized carbons (Fsp3) is 0.474. The second-order valence-electron chi connectivity index (χ2n) is 6.53. The van der Waals surface area contributed by atoms with Crippen LogP contribution in [0.3, 0.4) is 0 Å². The normalized spacial score (nSPS) is 22.9. The first-order valence-electron chi connectivity index (χ1n) is 8.47. The molecule has 6 heteroatoms. The highest BCUT2D eigenvalue weighted by atomic mass is 16.5. The van der Waals surface area contributed by atoms with E-state index < -0.39 is 11.4 Å². The van der Waals surface area contributed by atoms with Gasteiger partial charge in [0.05, 0.1) is 20.8 Å². The van der Waals surface area contributed by atoms with Crippen molar-refractivity contribution < 1.29 is 24.2 Å². The lowest BCUT2D eigenvalue weighted by Crippen LogP contribution is -2.49. The highest BCUT2D eigenvalue weighted by Gasteiger charge is 2.49. The van der Waals surface area contributed by atoms with Crippen molar-refractivity contribution in [1.29, 1.82) is 0 Å². The number of hydrogen-bond acceptors (Lipinski definition) is 4. The molecule has 0 bridgehead atoms. The number of carboxylic acid groups (broad SMARTS) is 1. The first-order valence-corrected chi connectivity index (χ1v) is 8.47. The van der Waals surface area contributed by atoms with E-state index in [1.807, 2.05) is 18.2 Å². The van der Waals surface area contributed by atoms with Crippen LogP contribution >= 0.6 is 0 Å². The Kier molecular flexibility index (Phi) is 4.70. The van der Waals surface area contributed by atoms with Gasteiger partial charge in [0.25, 0.3) is 0 Å². The second kappa shape index (κ2) is 6.78. The summed E-state index contributed by atoms with van der Waals surface area (Å²) in [5.41, 5.74) is 0.524. The molecule has 1 unspecified atom stereocenters. The Morgan fingerprint density at radius 2 is 2.08 bits per heavy atom. The summed E-state index contributed by atoms with van der Waals surface area (Å²) >= 11 is 0. The van der Waals surface area contributed by atoms with E-state index in [1.165, 1.54) is 0 Å². The molecule has 1 aliphatic carbocycles. The van der Waals surface area contributed by atoms with E-state index in [0.29, 0.717) is 36.6 Å². The van der Waals surface area contributed by atoms with Crippen LogP contribution in [0.2, 0.25) is 0 Å². The topological polar surface area (TPSA) is 76.1 Å². The van der Waals surface area contributed by atoms with E-state index in [2.05, 4.69) is 0 Å². The molecule has 1 aliphatic heterocycles. The van der Waals surface area contributed by atoms with Crippen LogP contribution in [-0.2, 0) is 16.1 Å². The molecule has 0 spiro atoms. The van der Waals surface area contributed by atoms with Gasteiger partial charge in [0, 0.05) is 23.7 Å². The van der Waals surface area contributed by atoms with Crippen molar-refractivity contribution in [2.45, 2.75) is 38.6 Å². The zero-order valence-corrected chi connectivity index (χ0v) is 14.6. The number of piperidine rings is 1. The molecule has 1 saturated heterocycles. The standard InChI is InChI=1S/C19H23NO5/c1-24-14-7-6-13(15(11-14)25-2)12-20-16-5-3-4-9-19(16,18(22)23)10-8-17(20)21/h5-7,11H,3-4,8-10,12H2,1-2H3,(H,22,23). The quantitative estimate of drug-likeness (QED) is 0.888. The number of ether oxygens (including phenoxy) is 2. The first-order chi connectivity index (χ1) is 12.0. The van der Waals surface area contributed by atoms with E-state index in [9.17, 15) is 14.7 Å². The summed E-state index contributed by atoms with van der Waals surface area (Å²) in [6.07, 6.45) is 4.77. The van der Waals surface area contributed by atoms with Gasteiger partial charge in [-0.3, -0.25) is 9.59 Å². The third-order valence-electron chi connectivity index (χ3n) is 5.23. The molecule has 2 aliphatic rings. The molecular formula is C19H23NO5. The third kappa shape index (κ3) is 2.97. The Bertz CT molecular complexity index is 727. The predicted molar refractivity (Wildman–Crippen MR) is 91.3 cm³/mol. The summed E-state index contributed by atoms with van der Waals surface area (Å²) < 4.78 is 10.6. The minimum Gasteiger partial charge on any atom is -0.497 e. The highest BCUT2D eigenvalue weighted by Crippen LogP contribution is 2.47. The van der Waals surface area contributed by atoms with Gasteiger partial charge >= 0.3 is 5.97 Å². The van der Waals surface area contributed by atoms with Crippen molar-refractivity contribution in [3.63, 3.8) is 0 Å². The molecule has 1 aromatic carbocycles. The Morgan fingerprint density at radius 1 is 1.28 bits per heavy atom. The number of rotatable bonds is 5. The van der Waals surface area contributed by atoms with Crippen LogP contribution in [0.4, 0.5) is 0 Å². The lowest BCUT2D eigenvalue weighted by atomic mass is 9.70. The molecule has 6 nitrogen and oxygen atoms in total. The second-order valence-corrected chi connectivity index (χ2v) is 6.53. The van der Waals surface area contributed by atoms with Crippen LogP contribution < -0.4 is 9.47 Å². The molecule has 0 aromatic heterocycles. The molecule has 0 saturated carbocycles. The van der Waals surface area contributed by atoms with E-state index >= 15 is 0 Å². The number of methoxy groups -OCH3 is 2. The number of benzene rings is 1. The maximum atomic E-state index is 12.6. The zero-order chi connectivity index (χ0) is 18.0. The molecule has 25 heavy (non-hydrogen) atoms. The predicted octanol–water partition coefficient (Wildman–Crippen LogP) is 2.97. The van der Waals surface area contributed by atoms with Gasteiger partial charge in [0.1, 0.15) is 16.9 Å². The van der Waals surface area contributed by atoms with Crippen molar-refractivity contribution in [1.82, 2.24) is 4.90 Å². The molecule has 1 fully saturated rings. The summed E-state index contributed by atoms with van der Waals surface area (Å²) in [6, 6.07) is 5.43. The summed E-state index contributed by atoms with van der Waals surface area (Å²) in [6.45, 7) is 0.298. The van der Waals surface area contributed by atoms with Crippen LogP contribution in [0.15, 0.2) is 30.0 Å². The molecule has 1 amide bonds. The van der Waals surface area contributed by atoms with Crippen LogP contribution in [0, 0.1) is 5.41 Å². The summed E-state index contributed by atoms with van der Waals surface area (Å²) in [5.74, 6) is 0.415. The number of fused-ring (bicyclic) bond motifs is 1. The highest BCUT2D eigenvalue weighted by molar-refractivity contribution is 5.87. The Hall–Kier alpha value is -2.50. The zero-order valence-electron chi connectivity index (χ0n) is 14.6. The lowest BCUT2D eigenvalue weighted by Gasteiger charge is -2.44. The van der Waals surface area contributed by atoms with Crippen LogP contribution in [0.1, 0.15) is 37.7 Å². The van der Waals surface area contributed by atoms with Crippen LogP contribution in [0.5, 0.6) is 11.5 Å². The van der Waals surface area contributed by atoms with Gasteiger partial charge in [-0.25, -0.2) is 0 Å². The van der Waals surface area contributed by atoms with E-state index in [-0.39, 0.29) is 12.3 Å². The largest absolute Gasteiger partial charge is 0.497 e. The van der Waals surface area contributed by atoms with Gasteiger partial charge in [0.15, 0.2) is 0 Å². The smallest absolute Gasteiger partial charge is 0.315 e. The van der Waals surface area contributed by atoms with E-state index in [0.717, 1.165) is 18.4 Å². The van der Waals surface area contributed by atoms with Crippen molar-refractivity contribution >= 4 is 11.9 Å². The summed E-state index contributed by atoms with van der Waals surface area (Å²) in [4.78, 5) is 26.2. The van der Waals surface area contributed by atoms with Gasteiger partial charge < -0.3 is 19.5 Å². The van der Waals surface area contributed by atoms with Crippen LogP contribution in [0.25, 0.3) is 0 Å². The summed E-state index contributed by atoms with van der Waals surface area (Å²) in [7, 11) is 3.15. The van der Waals surface area contributed by atoms with Gasteiger partial charge in [-0.05, 0) is 37.8 Å².